The first kappa shape index (κ1) is 20.9. The quantitative estimate of drug-likeness (QED) is 0.550. The van der Waals surface area contributed by atoms with Gasteiger partial charge in [0.05, 0.1) is 6.54 Å². The highest BCUT2D eigenvalue weighted by Gasteiger charge is 2.21. The van der Waals surface area contributed by atoms with Crippen LogP contribution in [-0.4, -0.2) is 33.2 Å². The van der Waals surface area contributed by atoms with Gasteiger partial charge in [-0.2, -0.15) is 5.10 Å². The molecule has 7 nitrogen and oxygen atoms in total. The average molecular weight is 393 g/mol. The van der Waals surface area contributed by atoms with Gasteiger partial charge in [0, 0.05) is 23.4 Å². The van der Waals surface area contributed by atoms with Crippen LogP contribution >= 0.6 is 11.6 Å². The molecule has 1 atom stereocenters. The molecule has 2 rings (SSSR count). The molecule has 2 aromatic rings. The molecule has 1 aromatic heterocycles. The molecule has 0 saturated heterocycles. The molecule has 1 N–H and O–H groups in total. The van der Waals surface area contributed by atoms with E-state index in [1.807, 2.05) is 32.9 Å². The third-order valence-electron chi connectivity index (χ3n) is 3.86. The summed E-state index contributed by atoms with van der Waals surface area (Å²) in [6.45, 7) is 6.32. The highest BCUT2D eigenvalue weighted by molar-refractivity contribution is 6.30. The molecular formula is C19H25ClN4O3. The number of nitrogens with one attached hydrogen (secondary N) is 1. The van der Waals surface area contributed by atoms with Gasteiger partial charge in [0.25, 0.3) is 0 Å². The minimum Gasteiger partial charge on any atom is -0.455 e. The largest absolute Gasteiger partial charge is 0.455 e. The normalized spacial score (nSPS) is 12.4. The van der Waals surface area contributed by atoms with Crippen molar-refractivity contribution in [3.8, 4) is 0 Å². The lowest BCUT2D eigenvalue weighted by molar-refractivity contribution is -0.150. The number of halogens is 1. The minimum absolute atomic E-state index is 0.0407. The Hall–Kier alpha value is -2.41. The number of esters is 1. The summed E-state index contributed by atoms with van der Waals surface area (Å²) in [5.74, 6) is -0.374. The van der Waals surface area contributed by atoms with Crippen molar-refractivity contribution < 1.29 is 14.3 Å². The van der Waals surface area contributed by atoms with Gasteiger partial charge in [-0.25, -0.2) is 9.67 Å². The van der Waals surface area contributed by atoms with Crippen LogP contribution in [0.15, 0.2) is 36.9 Å². The van der Waals surface area contributed by atoms with E-state index in [-0.39, 0.29) is 18.3 Å². The summed E-state index contributed by atoms with van der Waals surface area (Å²) >= 11 is 5.94. The van der Waals surface area contributed by atoms with Gasteiger partial charge >= 0.3 is 5.97 Å². The number of benzene rings is 1. The monoisotopic (exact) mass is 392 g/mol. The molecule has 0 saturated carbocycles. The molecule has 0 bridgehead atoms. The number of carbonyl (C=O) groups excluding carboxylic acids is 2. The first-order valence-corrected chi connectivity index (χ1v) is 9.19. The second kappa shape index (κ2) is 9.50. The predicted octanol–water partition coefficient (Wildman–Crippen LogP) is 3.16. The van der Waals surface area contributed by atoms with Crippen LogP contribution in [0.4, 0.5) is 0 Å². The van der Waals surface area contributed by atoms with Gasteiger partial charge in [0.15, 0.2) is 0 Å². The number of hydrogen-bond acceptors (Lipinski definition) is 5. The minimum atomic E-state index is -0.499. The molecule has 8 heteroatoms. The van der Waals surface area contributed by atoms with Crippen molar-refractivity contribution in [1.29, 1.82) is 0 Å². The molecule has 27 heavy (non-hydrogen) atoms. The van der Waals surface area contributed by atoms with Crippen molar-refractivity contribution in [2.45, 2.75) is 46.3 Å². The Morgan fingerprint density at radius 2 is 1.96 bits per heavy atom. The molecular weight excluding hydrogens is 368 g/mol. The third kappa shape index (κ3) is 7.02. The third-order valence-corrected chi connectivity index (χ3v) is 4.11. The van der Waals surface area contributed by atoms with Gasteiger partial charge < -0.3 is 10.1 Å². The van der Waals surface area contributed by atoms with E-state index in [1.165, 1.54) is 6.33 Å². The second-order valence-electron chi connectivity index (χ2n) is 7.26. The summed E-state index contributed by atoms with van der Waals surface area (Å²) in [5, 5.41) is 7.50. The Morgan fingerprint density at radius 3 is 2.56 bits per heavy atom. The van der Waals surface area contributed by atoms with Crippen molar-refractivity contribution in [2.75, 3.05) is 6.54 Å². The Morgan fingerprint density at radius 1 is 1.26 bits per heavy atom. The van der Waals surface area contributed by atoms with E-state index in [4.69, 9.17) is 16.3 Å². The van der Waals surface area contributed by atoms with E-state index in [1.54, 1.807) is 23.1 Å². The average Bonchev–Trinajstić information content (AvgIpc) is 3.11. The molecule has 0 unspecified atom stereocenters. The SMILES string of the molecule is CC(C)(C)C(=O)NCCCC(=O)O[C@H](Cn1cncn1)c1ccc(Cl)cc1. The van der Waals surface area contributed by atoms with E-state index in [9.17, 15) is 9.59 Å². The summed E-state index contributed by atoms with van der Waals surface area (Å²) in [7, 11) is 0. The van der Waals surface area contributed by atoms with E-state index in [2.05, 4.69) is 15.4 Å². The molecule has 0 aliphatic rings. The fourth-order valence-corrected chi connectivity index (χ4v) is 2.43. The molecule has 1 amide bonds. The summed E-state index contributed by atoms with van der Waals surface area (Å²) in [5.41, 5.74) is 0.377. The van der Waals surface area contributed by atoms with Crippen LogP contribution in [0.25, 0.3) is 0 Å². The summed E-state index contributed by atoms with van der Waals surface area (Å²) < 4.78 is 7.25. The maximum Gasteiger partial charge on any atom is 0.306 e. The summed E-state index contributed by atoms with van der Waals surface area (Å²) in [4.78, 5) is 28.0. The van der Waals surface area contributed by atoms with Crippen molar-refractivity contribution in [1.82, 2.24) is 20.1 Å². The smallest absolute Gasteiger partial charge is 0.306 e. The number of carbonyl (C=O) groups is 2. The lowest BCUT2D eigenvalue weighted by Gasteiger charge is -2.19. The van der Waals surface area contributed by atoms with Gasteiger partial charge in [-0.3, -0.25) is 9.59 Å². The first-order valence-electron chi connectivity index (χ1n) is 8.81. The molecule has 0 radical (unpaired) electrons. The van der Waals surface area contributed by atoms with Gasteiger partial charge in [-0.05, 0) is 24.1 Å². The van der Waals surface area contributed by atoms with Crippen molar-refractivity contribution in [2.24, 2.45) is 5.41 Å². The van der Waals surface area contributed by atoms with Crippen LogP contribution in [-0.2, 0) is 20.9 Å². The molecule has 0 spiro atoms. The van der Waals surface area contributed by atoms with Crippen LogP contribution in [0.1, 0.15) is 45.3 Å². The number of hydrogen-bond donors (Lipinski definition) is 1. The number of rotatable bonds is 8. The maximum absolute atomic E-state index is 12.3. The van der Waals surface area contributed by atoms with E-state index >= 15 is 0 Å². The zero-order valence-electron chi connectivity index (χ0n) is 15.8. The number of ether oxygens (including phenoxy) is 1. The van der Waals surface area contributed by atoms with Crippen LogP contribution in [0.5, 0.6) is 0 Å². The Labute approximate surface area is 164 Å². The first-order chi connectivity index (χ1) is 12.8. The van der Waals surface area contributed by atoms with Crippen LogP contribution in [0.3, 0.4) is 0 Å². The highest BCUT2D eigenvalue weighted by Crippen LogP contribution is 2.22. The van der Waals surface area contributed by atoms with E-state index < -0.39 is 11.5 Å². The van der Waals surface area contributed by atoms with E-state index in [0.29, 0.717) is 24.5 Å². The van der Waals surface area contributed by atoms with E-state index in [0.717, 1.165) is 5.56 Å². The van der Waals surface area contributed by atoms with Gasteiger partial charge in [-0.1, -0.05) is 44.5 Å². The number of nitrogens with zero attached hydrogens (tertiary/aromatic N) is 3. The van der Waals surface area contributed by atoms with Gasteiger partial charge in [0.1, 0.15) is 18.8 Å². The van der Waals surface area contributed by atoms with Crippen LogP contribution in [0.2, 0.25) is 5.02 Å². The van der Waals surface area contributed by atoms with Crippen LogP contribution < -0.4 is 5.32 Å². The lowest BCUT2D eigenvalue weighted by atomic mass is 9.96. The van der Waals surface area contributed by atoms with Crippen LogP contribution in [0, 0.1) is 5.41 Å². The summed E-state index contributed by atoms with van der Waals surface area (Å²) in [6, 6.07) is 7.14. The second-order valence-corrected chi connectivity index (χ2v) is 7.69. The molecule has 1 aromatic carbocycles. The Bertz CT molecular complexity index is 739. The molecule has 0 aliphatic carbocycles. The predicted molar refractivity (Wildman–Crippen MR) is 102 cm³/mol. The molecule has 1 heterocycles. The van der Waals surface area contributed by atoms with Gasteiger partial charge in [0.2, 0.25) is 5.91 Å². The van der Waals surface area contributed by atoms with Crippen molar-refractivity contribution in [3.05, 3.63) is 47.5 Å². The maximum atomic E-state index is 12.3. The molecule has 0 fully saturated rings. The standard InChI is InChI=1S/C19H25ClN4O3/c1-19(2,3)18(26)22-10-4-5-17(25)27-16(11-24-13-21-12-23-24)14-6-8-15(20)9-7-14/h6-9,12-13,16H,4-5,10-11H2,1-3H3,(H,22,26)/t16-/m1/s1. The molecule has 146 valence electrons. The topological polar surface area (TPSA) is 86.1 Å². The fraction of sp³-hybridized carbons (Fsp3) is 0.474. The Balaban J connectivity index is 1.89. The van der Waals surface area contributed by atoms with Crippen molar-refractivity contribution in [3.63, 3.8) is 0 Å². The zero-order valence-corrected chi connectivity index (χ0v) is 16.6. The fourth-order valence-electron chi connectivity index (χ4n) is 2.30. The lowest BCUT2D eigenvalue weighted by Crippen LogP contribution is -2.35. The highest BCUT2D eigenvalue weighted by atomic mass is 35.5. The molecule has 0 aliphatic heterocycles. The Kier molecular flexibility index (Phi) is 7.36. The zero-order chi connectivity index (χ0) is 19.9. The summed E-state index contributed by atoms with van der Waals surface area (Å²) in [6.07, 6.45) is 3.22. The number of amides is 1. The number of aromatic nitrogens is 3. The van der Waals surface area contributed by atoms with Gasteiger partial charge in [-0.15, -0.1) is 0 Å². The van der Waals surface area contributed by atoms with Crippen molar-refractivity contribution >= 4 is 23.5 Å².